The van der Waals surface area contributed by atoms with E-state index in [2.05, 4.69) is 30.7 Å². The number of aromatic nitrogens is 3. The minimum Gasteiger partial charge on any atom is -0.394 e. The zero-order valence-corrected chi connectivity index (χ0v) is 20.6. The molecular formula is C26H29ClN6O2. The molecule has 0 aliphatic rings. The highest BCUT2D eigenvalue weighted by Gasteiger charge is 2.21. The van der Waals surface area contributed by atoms with Crippen molar-refractivity contribution in [3.05, 3.63) is 82.6 Å². The number of aromatic amines is 2. The molecule has 8 nitrogen and oxygen atoms in total. The summed E-state index contributed by atoms with van der Waals surface area (Å²) in [5.41, 5.74) is 5.53. The van der Waals surface area contributed by atoms with Crippen LogP contribution in [0, 0.1) is 0 Å². The fourth-order valence-corrected chi connectivity index (χ4v) is 4.25. The van der Waals surface area contributed by atoms with Crippen molar-refractivity contribution in [3.8, 4) is 22.4 Å². The van der Waals surface area contributed by atoms with Gasteiger partial charge in [-0.25, -0.2) is 0 Å². The number of benzene rings is 2. The number of hydrogen-bond acceptors (Lipinski definition) is 5. The van der Waals surface area contributed by atoms with Gasteiger partial charge in [0.2, 0.25) is 0 Å². The van der Waals surface area contributed by atoms with Crippen molar-refractivity contribution in [2.75, 3.05) is 33.1 Å². The first-order valence-corrected chi connectivity index (χ1v) is 11.6. The molecule has 0 radical (unpaired) electrons. The highest BCUT2D eigenvalue weighted by Crippen LogP contribution is 2.38. The van der Waals surface area contributed by atoms with E-state index in [1.54, 1.807) is 19.3 Å². The Balaban J connectivity index is 1.62. The highest BCUT2D eigenvalue weighted by atomic mass is 35.5. The Bertz CT molecular complexity index is 1300. The maximum absolute atomic E-state index is 12.9. The third-order valence-electron chi connectivity index (χ3n) is 5.74. The lowest BCUT2D eigenvalue weighted by molar-refractivity contribution is 0.0912. The number of rotatable bonds is 9. The topological polar surface area (TPSA) is 109 Å². The third kappa shape index (κ3) is 5.40. The Kier molecular flexibility index (Phi) is 7.55. The van der Waals surface area contributed by atoms with E-state index in [9.17, 15) is 9.90 Å². The average molecular weight is 493 g/mol. The van der Waals surface area contributed by atoms with Crippen LogP contribution in [0.15, 0.2) is 60.8 Å². The Morgan fingerprint density at radius 3 is 2.57 bits per heavy atom. The van der Waals surface area contributed by atoms with E-state index >= 15 is 0 Å². The van der Waals surface area contributed by atoms with Crippen LogP contribution in [0.4, 0.5) is 5.82 Å². The number of carbonyl (C=O) groups excluding carboxylic acids is 1. The first-order valence-electron chi connectivity index (χ1n) is 11.3. The third-order valence-corrected chi connectivity index (χ3v) is 6.09. The minimum absolute atomic E-state index is 0.204. The molecule has 5 N–H and O–H groups in total. The number of aliphatic hydroxyl groups is 1. The molecule has 0 saturated carbocycles. The number of anilines is 1. The molecule has 4 aromatic rings. The summed E-state index contributed by atoms with van der Waals surface area (Å²) in [7, 11) is 5.81. The molecule has 0 fully saturated rings. The van der Waals surface area contributed by atoms with Crippen molar-refractivity contribution in [2.24, 2.45) is 0 Å². The van der Waals surface area contributed by atoms with Crippen molar-refractivity contribution < 1.29 is 9.90 Å². The van der Waals surface area contributed by atoms with Crippen LogP contribution in [0.3, 0.4) is 0 Å². The number of nitrogens with one attached hydrogen (secondary N) is 4. The molecule has 1 amide bonds. The molecule has 1 atom stereocenters. The molecule has 4 rings (SSSR count). The van der Waals surface area contributed by atoms with Crippen LogP contribution in [0.1, 0.15) is 27.7 Å². The molecule has 182 valence electrons. The number of aliphatic hydroxyl groups excluding tert-OH is 1. The smallest absolute Gasteiger partial charge is 0.268 e. The van der Waals surface area contributed by atoms with Crippen molar-refractivity contribution in [3.63, 3.8) is 0 Å². The van der Waals surface area contributed by atoms with Crippen LogP contribution in [-0.4, -0.2) is 58.8 Å². The van der Waals surface area contributed by atoms with Gasteiger partial charge in [0, 0.05) is 30.4 Å². The van der Waals surface area contributed by atoms with Gasteiger partial charge in [-0.3, -0.25) is 9.89 Å². The van der Waals surface area contributed by atoms with Gasteiger partial charge in [0.05, 0.1) is 23.9 Å². The maximum atomic E-state index is 12.9. The first-order chi connectivity index (χ1) is 16.9. The quantitative estimate of drug-likeness (QED) is 0.239. The summed E-state index contributed by atoms with van der Waals surface area (Å²) >= 11 is 6.59. The Labute approximate surface area is 209 Å². The van der Waals surface area contributed by atoms with Gasteiger partial charge >= 0.3 is 0 Å². The van der Waals surface area contributed by atoms with Gasteiger partial charge in [-0.1, -0.05) is 54.1 Å². The fraction of sp³-hybridized carbons (Fsp3) is 0.231. The van der Waals surface area contributed by atoms with Crippen LogP contribution < -0.4 is 10.6 Å². The van der Waals surface area contributed by atoms with Gasteiger partial charge in [0.25, 0.3) is 5.91 Å². The SMILES string of the molecule is CNc1n[nH]c(-c2c[nH]c(C(=O)NC(CO)c3ccccc3)c2)c1-c1ccc(CN(C)C)c(Cl)c1. The lowest BCUT2D eigenvalue weighted by Gasteiger charge is -2.16. The summed E-state index contributed by atoms with van der Waals surface area (Å²) in [6, 6.07) is 16.6. The number of halogens is 1. The standard InChI is InChI=1S/C26H29ClN6O2/c1-28-25-23(17-9-10-18(14-33(2)3)20(27)11-17)24(31-32-25)19-12-21(29-13-19)26(35)30-22(15-34)16-7-5-4-6-8-16/h4-13,22,29,34H,14-15H2,1-3H3,(H,30,35)(H2,28,31,32). The lowest BCUT2D eigenvalue weighted by Crippen LogP contribution is -2.30. The van der Waals surface area contributed by atoms with Gasteiger partial charge in [-0.05, 0) is 42.9 Å². The van der Waals surface area contributed by atoms with Crippen molar-refractivity contribution >= 4 is 23.3 Å². The summed E-state index contributed by atoms with van der Waals surface area (Å²) in [5.74, 6) is 0.359. The Morgan fingerprint density at radius 1 is 1.14 bits per heavy atom. The largest absolute Gasteiger partial charge is 0.394 e. The number of carbonyl (C=O) groups is 1. The van der Waals surface area contributed by atoms with Gasteiger partial charge < -0.3 is 25.6 Å². The summed E-state index contributed by atoms with van der Waals surface area (Å²) in [6.07, 6.45) is 1.75. The summed E-state index contributed by atoms with van der Waals surface area (Å²) in [6.45, 7) is 0.536. The fourth-order valence-electron chi connectivity index (χ4n) is 4.01. The van der Waals surface area contributed by atoms with Crippen LogP contribution in [-0.2, 0) is 6.54 Å². The van der Waals surface area contributed by atoms with Crippen molar-refractivity contribution in [1.82, 2.24) is 25.4 Å². The minimum atomic E-state index is -0.503. The number of amides is 1. The normalized spacial score (nSPS) is 12.1. The number of hydrogen-bond donors (Lipinski definition) is 5. The van der Waals surface area contributed by atoms with Crippen molar-refractivity contribution in [2.45, 2.75) is 12.6 Å². The Hall–Kier alpha value is -3.59. The van der Waals surface area contributed by atoms with Gasteiger partial charge in [-0.15, -0.1) is 0 Å². The van der Waals surface area contributed by atoms with Gasteiger partial charge in [-0.2, -0.15) is 5.10 Å². The molecule has 1 unspecified atom stereocenters. The van der Waals surface area contributed by atoms with Crippen LogP contribution in [0.25, 0.3) is 22.4 Å². The van der Waals surface area contributed by atoms with Gasteiger partial charge in [0.15, 0.2) is 5.82 Å². The second-order valence-electron chi connectivity index (χ2n) is 8.54. The van der Waals surface area contributed by atoms with E-state index in [0.29, 0.717) is 16.5 Å². The number of nitrogens with zero attached hydrogens (tertiary/aromatic N) is 2. The van der Waals surface area contributed by atoms with E-state index in [4.69, 9.17) is 11.6 Å². The van der Waals surface area contributed by atoms with E-state index < -0.39 is 6.04 Å². The van der Waals surface area contributed by atoms with E-state index in [-0.39, 0.29) is 12.5 Å². The molecule has 2 heterocycles. The van der Waals surface area contributed by atoms with Crippen molar-refractivity contribution in [1.29, 1.82) is 0 Å². The predicted octanol–water partition coefficient (Wildman–Crippen LogP) is 4.29. The summed E-state index contributed by atoms with van der Waals surface area (Å²) in [5, 5.41) is 23.9. The molecular weight excluding hydrogens is 464 g/mol. The summed E-state index contributed by atoms with van der Waals surface area (Å²) in [4.78, 5) is 18.0. The molecule has 0 aliphatic heterocycles. The molecule has 2 aromatic carbocycles. The second-order valence-corrected chi connectivity index (χ2v) is 8.94. The zero-order chi connectivity index (χ0) is 24.9. The number of H-pyrrole nitrogens is 2. The highest BCUT2D eigenvalue weighted by molar-refractivity contribution is 6.31. The second kappa shape index (κ2) is 10.8. The Morgan fingerprint density at radius 2 is 1.91 bits per heavy atom. The summed E-state index contributed by atoms with van der Waals surface area (Å²) < 4.78 is 0. The first kappa shape index (κ1) is 24.5. The van der Waals surface area contributed by atoms with Gasteiger partial charge in [0.1, 0.15) is 5.69 Å². The molecule has 0 bridgehead atoms. The van der Waals surface area contributed by atoms with Crippen LogP contribution in [0.5, 0.6) is 0 Å². The molecule has 0 aliphatic carbocycles. The molecule has 35 heavy (non-hydrogen) atoms. The maximum Gasteiger partial charge on any atom is 0.268 e. The zero-order valence-electron chi connectivity index (χ0n) is 19.9. The van der Waals surface area contributed by atoms with Crippen LogP contribution >= 0.6 is 11.6 Å². The molecule has 2 aromatic heterocycles. The predicted molar refractivity (Wildman–Crippen MR) is 139 cm³/mol. The van der Waals surface area contributed by atoms with E-state index in [1.807, 2.05) is 62.6 Å². The molecule has 0 spiro atoms. The van der Waals surface area contributed by atoms with Crippen LogP contribution in [0.2, 0.25) is 5.02 Å². The molecule has 0 saturated heterocycles. The monoisotopic (exact) mass is 492 g/mol. The lowest BCUT2D eigenvalue weighted by atomic mass is 10.0. The molecule has 9 heteroatoms. The van der Waals surface area contributed by atoms with E-state index in [1.165, 1.54) is 0 Å². The van der Waals surface area contributed by atoms with E-state index in [0.717, 1.165) is 40.1 Å². The average Bonchev–Trinajstić information content (AvgIpc) is 3.51.